The molecule has 0 amide bonds. The van der Waals surface area contributed by atoms with Gasteiger partial charge in [-0.3, -0.25) is 0 Å². The Bertz CT molecular complexity index is 217. The van der Waals surface area contributed by atoms with Crippen molar-refractivity contribution >= 4 is 0 Å². The summed E-state index contributed by atoms with van der Waals surface area (Å²) in [5.41, 5.74) is 0. The van der Waals surface area contributed by atoms with Gasteiger partial charge in [0.15, 0.2) is 0 Å². The van der Waals surface area contributed by atoms with Crippen molar-refractivity contribution in [2.24, 2.45) is 17.8 Å². The van der Waals surface area contributed by atoms with Gasteiger partial charge in [-0.2, -0.15) is 0 Å². The Hall–Kier alpha value is -0.540. The molecular formula is C11H20N2O. The largest absolute Gasteiger partial charge is 0.414 e. The molecule has 2 aliphatic heterocycles. The molecule has 0 aromatic carbocycles. The molecule has 0 spiro atoms. The van der Waals surface area contributed by atoms with E-state index < -0.39 is 0 Å². The first-order chi connectivity index (χ1) is 6.77. The van der Waals surface area contributed by atoms with Crippen molar-refractivity contribution in [2.45, 2.75) is 13.3 Å². The minimum Gasteiger partial charge on any atom is -0.414 e. The van der Waals surface area contributed by atoms with E-state index in [1.54, 1.807) is 0 Å². The molecule has 2 rings (SSSR count). The average molecular weight is 196 g/mol. The molecule has 14 heavy (non-hydrogen) atoms. The summed E-state index contributed by atoms with van der Waals surface area (Å²) in [6.45, 7) is 5.72. The Morgan fingerprint density at radius 1 is 1.50 bits per heavy atom. The lowest BCUT2D eigenvalue weighted by molar-refractivity contribution is -0.105. The van der Waals surface area contributed by atoms with Crippen LogP contribution in [0.5, 0.6) is 0 Å². The average Bonchev–Trinajstić information content (AvgIpc) is 2.18. The fourth-order valence-electron chi connectivity index (χ4n) is 2.59. The Morgan fingerprint density at radius 2 is 2.36 bits per heavy atom. The van der Waals surface area contributed by atoms with Gasteiger partial charge in [-0.05, 0) is 43.3 Å². The maximum atomic E-state index is 5.27. The highest BCUT2D eigenvalue weighted by Crippen LogP contribution is 2.29. The van der Waals surface area contributed by atoms with Crippen LogP contribution < -0.4 is 5.32 Å². The van der Waals surface area contributed by atoms with Crippen LogP contribution in [0.4, 0.5) is 0 Å². The molecule has 2 aliphatic rings. The molecule has 3 nitrogen and oxygen atoms in total. The van der Waals surface area contributed by atoms with Crippen LogP contribution in [0.3, 0.4) is 0 Å². The fraction of sp³-hybridized carbons (Fsp3) is 0.818. The van der Waals surface area contributed by atoms with E-state index in [9.17, 15) is 0 Å². The van der Waals surface area contributed by atoms with Gasteiger partial charge < -0.3 is 10.2 Å². The predicted octanol–water partition coefficient (Wildman–Crippen LogP) is 1.24. The van der Waals surface area contributed by atoms with E-state index in [1.165, 1.54) is 19.5 Å². The highest BCUT2D eigenvalue weighted by molar-refractivity contribution is 4.94. The first kappa shape index (κ1) is 9.99. The molecule has 80 valence electrons. The second kappa shape index (κ2) is 4.32. The van der Waals surface area contributed by atoms with E-state index in [0.29, 0.717) is 5.92 Å². The number of nitrogens with zero attached hydrogens (tertiary/aromatic N) is 1. The van der Waals surface area contributed by atoms with Crippen LogP contribution in [-0.4, -0.2) is 31.7 Å². The second-order valence-corrected chi connectivity index (χ2v) is 4.54. The lowest BCUT2D eigenvalue weighted by atomic mass is 9.78. The monoisotopic (exact) mass is 196 g/mol. The Kier molecular flexibility index (Phi) is 3.08. The smallest absolute Gasteiger partial charge is 0.107 e. The number of piperidine rings is 1. The molecule has 0 saturated carbocycles. The zero-order valence-corrected chi connectivity index (χ0v) is 9.07. The number of hydrogen-bond donors (Lipinski definition) is 1. The molecular weight excluding hydrogens is 176 g/mol. The second-order valence-electron chi connectivity index (χ2n) is 4.54. The van der Waals surface area contributed by atoms with Crippen molar-refractivity contribution in [3.05, 3.63) is 12.3 Å². The molecule has 3 unspecified atom stereocenters. The van der Waals surface area contributed by atoms with E-state index in [1.807, 2.05) is 18.4 Å². The van der Waals surface area contributed by atoms with Crippen molar-refractivity contribution in [1.29, 1.82) is 0 Å². The van der Waals surface area contributed by atoms with Crippen LogP contribution in [-0.2, 0) is 4.84 Å². The molecule has 0 aromatic heterocycles. The third kappa shape index (κ3) is 2.10. The Labute approximate surface area is 86.1 Å². The highest BCUT2D eigenvalue weighted by atomic mass is 16.7. The van der Waals surface area contributed by atoms with E-state index in [0.717, 1.165) is 18.4 Å². The molecule has 2 heterocycles. The summed E-state index contributed by atoms with van der Waals surface area (Å²) >= 11 is 0. The summed E-state index contributed by atoms with van der Waals surface area (Å²) < 4.78 is 0. The number of nitrogens with one attached hydrogen (secondary N) is 1. The van der Waals surface area contributed by atoms with Crippen molar-refractivity contribution in [2.75, 3.05) is 26.7 Å². The van der Waals surface area contributed by atoms with Gasteiger partial charge >= 0.3 is 0 Å². The maximum Gasteiger partial charge on any atom is 0.107 e. The number of rotatable bonds is 1. The molecule has 0 aliphatic carbocycles. The molecule has 1 N–H and O–H groups in total. The van der Waals surface area contributed by atoms with Crippen LogP contribution in [0.25, 0.3) is 0 Å². The van der Waals surface area contributed by atoms with Crippen LogP contribution >= 0.6 is 0 Å². The minimum atomic E-state index is 0.672. The lowest BCUT2D eigenvalue weighted by Crippen LogP contribution is -2.42. The number of hydrogen-bond acceptors (Lipinski definition) is 3. The van der Waals surface area contributed by atoms with Gasteiger partial charge in [-0.25, -0.2) is 0 Å². The first-order valence-electron chi connectivity index (χ1n) is 5.52. The Balaban J connectivity index is 1.98. The van der Waals surface area contributed by atoms with Crippen molar-refractivity contribution < 1.29 is 4.84 Å². The van der Waals surface area contributed by atoms with E-state index in [-0.39, 0.29) is 0 Å². The van der Waals surface area contributed by atoms with E-state index in [4.69, 9.17) is 4.84 Å². The molecule has 1 fully saturated rings. The van der Waals surface area contributed by atoms with Crippen molar-refractivity contribution in [3.8, 4) is 0 Å². The van der Waals surface area contributed by atoms with Gasteiger partial charge in [0.05, 0.1) is 0 Å². The minimum absolute atomic E-state index is 0.672. The maximum absolute atomic E-state index is 5.27. The summed E-state index contributed by atoms with van der Waals surface area (Å²) in [6, 6.07) is 0. The molecule has 3 atom stereocenters. The molecule has 0 radical (unpaired) electrons. The zero-order valence-electron chi connectivity index (χ0n) is 9.07. The summed E-state index contributed by atoms with van der Waals surface area (Å²) in [5, 5.41) is 5.38. The summed E-state index contributed by atoms with van der Waals surface area (Å²) in [4.78, 5) is 5.27. The first-order valence-corrected chi connectivity index (χ1v) is 5.52. The summed E-state index contributed by atoms with van der Waals surface area (Å²) in [6.07, 6.45) is 5.36. The normalized spacial score (nSPS) is 39.4. The van der Waals surface area contributed by atoms with Crippen LogP contribution in [0.1, 0.15) is 13.3 Å². The zero-order chi connectivity index (χ0) is 9.97. The van der Waals surface area contributed by atoms with E-state index >= 15 is 0 Å². The summed E-state index contributed by atoms with van der Waals surface area (Å²) in [5.74, 6) is 2.27. The third-order valence-corrected chi connectivity index (χ3v) is 3.44. The topological polar surface area (TPSA) is 24.5 Å². The number of hydroxylamine groups is 2. The molecule has 3 heteroatoms. The van der Waals surface area contributed by atoms with Gasteiger partial charge in [-0.1, -0.05) is 6.92 Å². The van der Waals surface area contributed by atoms with Gasteiger partial charge in [-0.15, -0.1) is 5.06 Å². The quantitative estimate of drug-likeness (QED) is 0.683. The Morgan fingerprint density at radius 3 is 3.07 bits per heavy atom. The molecule has 1 saturated heterocycles. The fourth-order valence-corrected chi connectivity index (χ4v) is 2.59. The van der Waals surface area contributed by atoms with Crippen molar-refractivity contribution in [1.82, 2.24) is 10.4 Å². The predicted molar refractivity (Wildman–Crippen MR) is 56.5 cm³/mol. The van der Waals surface area contributed by atoms with Crippen LogP contribution in [0.15, 0.2) is 12.3 Å². The molecule has 0 bridgehead atoms. The highest BCUT2D eigenvalue weighted by Gasteiger charge is 2.29. The third-order valence-electron chi connectivity index (χ3n) is 3.44. The van der Waals surface area contributed by atoms with E-state index in [2.05, 4.69) is 18.3 Å². The van der Waals surface area contributed by atoms with Gasteiger partial charge in [0, 0.05) is 13.6 Å². The van der Waals surface area contributed by atoms with Gasteiger partial charge in [0.2, 0.25) is 0 Å². The lowest BCUT2D eigenvalue weighted by Gasteiger charge is -2.37. The molecule has 0 aromatic rings. The van der Waals surface area contributed by atoms with Gasteiger partial charge in [0.1, 0.15) is 6.26 Å². The summed E-state index contributed by atoms with van der Waals surface area (Å²) in [7, 11) is 2.00. The van der Waals surface area contributed by atoms with Gasteiger partial charge in [0.25, 0.3) is 0 Å². The SMILES string of the molecule is CC1CNCCC1C1C=CON(C)C1. The standard InChI is InChI=1S/C11H20N2O/c1-9-7-12-5-3-11(9)10-4-6-14-13(2)8-10/h4,6,9-12H,3,5,7-8H2,1-2H3. The van der Waals surface area contributed by atoms with Crippen molar-refractivity contribution in [3.63, 3.8) is 0 Å². The van der Waals surface area contributed by atoms with Crippen LogP contribution in [0.2, 0.25) is 0 Å². The van der Waals surface area contributed by atoms with Crippen LogP contribution in [0, 0.1) is 17.8 Å².